The van der Waals surface area contributed by atoms with Crippen LogP contribution in [0.4, 0.5) is 0 Å². The van der Waals surface area contributed by atoms with Gasteiger partial charge in [0.05, 0.1) is 0 Å². The molecule has 0 aromatic rings. The van der Waals surface area contributed by atoms with Crippen molar-refractivity contribution in [1.82, 2.24) is 9.96 Å². The molecule has 4 bridgehead atoms. The van der Waals surface area contributed by atoms with E-state index in [-0.39, 0.29) is 0 Å². The Balaban J connectivity index is 2.06. The lowest BCUT2D eigenvalue weighted by atomic mass is 11.6. The van der Waals surface area contributed by atoms with Crippen LogP contribution in [0, 0.1) is 0 Å². The van der Waals surface area contributed by atoms with Crippen LogP contribution < -0.4 is 9.96 Å². The van der Waals surface area contributed by atoms with E-state index in [2.05, 4.69) is 37.2 Å². The molecule has 2 N–H and O–H groups in total. The van der Waals surface area contributed by atoms with Gasteiger partial charge in [0.25, 0.3) is 0 Å². The van der Waals surface area contributed by atoms with Crippen molar-refractivity contribution in [2.75, 3.05) is 14.1 Å². The third kappa shape index (κ3) is 1.54. The minimum absolute atomic E-state index is 0.799. The van der Waals surface area contributed by atoms with E-state index in [1.807, 2.05) is 0 Å². The van der Waals surface area contributed by atoms with Gasteiger partial charge in [0.2, 0.25) is 0 Å². The third-order valence-electron chi connectivity index (χ3n) is 5.65. The number of rotatable bonds is 2. The molecule has 16 heavy (non-hydrogen) atoms. The second-order valence-electron chi connectivity index (χ2n) is 7.74. The Hall–Kier alpha value is 0.788. The molecule has 0 aromatic carbocycles. The van der Waals surface area contributed by atoms with Crippen molar-refractivity contribution in [2.45, 2.75) is 47.1 Å². The van der Waals surface area contributed by atoms with Crippen molar-refractivity contribution in [1.29, 1.82) is 0 Å². The van der Waals surface area contributed by atoms with E-state index < -0.39 is 32.6 Å². The summed E-state index contributed by atoms with van der Waals surface area (Å²) in [5, 5.41) is 0. The van der Waals surface area contributed by atoms with Crippen LogP contribution in [-0.4, -0.2) is 46.7 Å². The molecule has 4 aliphatic rings. The van der Waals surface area contributed by atoms with E-state index >= 15 is 0 Å². The van der Waals surface area contributed by atoms with Crippen molar-refractivity contribution >= 4 is 32.6 Å². The fraction of sp³-hybridized carbons (Fsp3) is 1.00. The minimum Gasteiger partial charge on any atom is -0.340 e. The lowest BCUT2D eigenvalue weighted by molar-refractivity contribution is 0.997. The Morgan fingerprint density at radius 2 is 1.00 bits per heavy atom. The summed E-state index contributed by atoms with van der Waals surface area (Å²) in [6.07, 6.45) is 0. The van der Waals surface area contributed by atoms with Gasteiger partial charge in [0.1, 0.15) is 16.5 Å². The van der Waals surface area contributed by atoms with Crippen LogP contribution in [0.2, 0.25) is 47.1 Å². The Morgan fingerprint density at radius 1 is 0.625 bits per heavy atom. The largest absolute Gasteiger partial charge is 0.340 e. The molecule has 4 fully saturated rings. The molecular weight excluding hydrogens is 260 g/mol. The second-order valence-corrected chi connectivity index (χ2v) is 29.6. The Kier molecular flexibility index (Phi) is 2.38. The smallest absolute Gasteiger partial charge is 0.118 e. The lowest BCUT2D eigenvalue weighted by Crippen LogP contribution is -2.82. The highest BCUT2D eigenvalue weighted by Crippen LogP contribution is 2.57. The molecule has 2 nitrogen and oxygen atoms in total. The fourth-order valence-corrected chi connectivity index (χ4v) is 69.5. The molecule has 4 rings (SSSR count). The first kappa shape index (κ1) is 11.9. The summed E-state index contributed by atoms with van der Waals surface area (Å²) < 4.78 is 0. The maximum absolute atomic E-state index is 3.92. The van der Waals surface area contributed by atoms with Gasteiger partial charge in [-0.15, -0.1) is 0 Å². The standard InChI is InChI=1S/C10H26N2Si4/c1-11-15-6-13(3)5-14(4,7-15)9-16(8-13,10-15)12-2/h11-12H,5-10H2,1-4H3. The molecular formula is C10H26N2Si4. The maximum atomic E-state index is 3.92. The van der Waals surface area contributed by atoms with Gasteiger partial charge in [0.15, 0.2) is 0 Å². The summed E-state index contributed by atoms with van der Waals surface area (Å²) in [5.74, 6) is 0. The first-order valence-electron chi connectivity index (χ1n) is 6.74. The predicted molar refractivity (Wildman–Crippen MR) is 81.7 cm³/mol. The number of nitrogens with one attached hydrogen (secondary N) is 2. The van der Waals surface area contributed by atoms with E-state index in [0.717, 1.165) is 0 Å². The normalized spacial score (nSPS) is 59.2. The third-order valence-corrected chi connectivity index (χ3v) is 44.5. The van der Waals surface area contributed by atoms with Crippen LogP contribution >= 0.6 is 0 Å². The molecule has 4 saturated heterocycles. The zero-order valence-corrected chi connectivity index (χ0v) is 15.2. The summed E-state index contributed by atoms with van der Waals surface area (Å²) >= 11 is 0. The van der Waals surface area contributed by atoms with Gasteiger partial charge >= 0.3 is 0 Å². The van der Waals surface area contributed by atoms with Crippen LogP contribution in [0.5, 0.6) is 0 Å². The van der Waals surface area contributed by atoms with Crippen LogP contribution in [0.1, 0.15) is 0 Å². The van der Waals surface area contributed by atoms with Crippen LogP contribution in [0.15, 0.2) is 0 Å². The van der Waals surface area contributed by atoms with Gasteiger partial charge in [-0.3, -0.25) is 0 Å². The van der Waals surface area contributed by atoms with Gasteiger partial charge in [-0.1, -0.05) is 18.8 Å². The summed E-state index contributed by atoms with van der Waals surface area (Å²) in [5.41, 5.74) is 10.4. The van der Waals surface area contributed by atoms with Crippen molar-refractivity contribution in [2.24, 2.45) is 0 Å². The average Bonchev–Trinajstić information content (AvgIpc) is 2.12. The molecule has 6 heteroatoms. The zero-order valence-electron chi connectivity index (χ0n) is 11.2. The van der Waals surface area contributed by atoms with Crippen molar-refractivity contribution in [3.8, 4) is 0 Å². The molecule has 92 valence electrons. The van der Waals surface area contributed by atoms with Crippen LogP contribution in [-0.2, 0) is 0 Å². The Bertz CT molecular complexity index is 291. The Morgan fingerprint density at radius 3 is 1.31 bits per heavy atom. The van der Waals surface area contributed by atoms with Gasteiger partial charge in [0, 0.05) is 16.1 Å². The van der Waals surface area contributed by atoms with Gasteiger partial charge in [-0.2, -0.15) is 0 Å². The monoisotopic (exact) mass is 286 g/mol. The molecule has 0 spiro atoms. The number of hydrogen-bond donors (Lipinski definition) is 2. The van der Waals surface area contributed by atoms with Crippen molar-refractivity contribution < 1.29 is 0 Å². The first-order chi connectivity index (χ1) is 7.36. The molecule has 0 saturated carbocycles. The topological polar surface area (TPSA) is 24.1 Å². The van der Waals surface area contributed by atoms with Gasteiger partial charge in [-0.05, 0) is 42.4 Å². The zero-order chi connectivity index (χ0) is 11.7. The summed E-state index contributed by atoms with van der Waals surface area (Å²) in [7, 11) is 1.03. The molecule has 0 aromatic heterocycles. The first-order valence-corrected chi connectivity index (χ1v) is 18.2. The van der Waals surface area contributed by atoms with E-state index in [1.54, 1.807) is 34.0 Å². The molecule has 0 radical (unpaired) electrons. The maximum Gasteiger partial charge on any atom is 0.118 e. The van der Waals surface area contributed by atoms with E-state index in [4.69, 9.17) is 0 Å². The lowest BCUT2D eigenvalue weighted by Gasteiger charge is -2.66. The van der Waals surface area contributed by atoms with Crippen molar-refractivity contribution in [3.63, 3.8) is 0 Å². The SMILES string of the molecule is CN[Si]12C[Si]3(C)C[Si](C)(C1)C[Si](NC)(C3)C2. The molecule has 0 aliphatic carbocycles. The number of hydrogen-bond acceptors (Lipinski definition) is 2. The van der Waals surface area contributed by atoms with E-state index in [0.29, 0.717) is 0 Å². The molecule has 4 aliphatic heterocycles. The van der Waals surface area contributed by atoms with E-state index in [1.165, 1.54) is 0 Å². The average molecular weight is 287 g/mol. The van der Waals surface area contributed by atoms with E-state index in [9.17, 15) is 0 Å². The fourth-order valence-electron chi connectivity index (χ4n) is 6.23. The van der Waals surface area contributed by atoms with Crippen LogP contribution in [0.3, 0.4) is 0 Å². The summed E-state index contributed by atoms with van der Waals surface area (Å²) in [6.45, 7) is 5.52. The minimum atomic E-state index is -0.985. The molecule has 0 atom stereocenters. The van der Waals surface area contributed by atoms with Gasteiger partial charge < -0.3 is 9.96 Å². The highest BCUT2D eigenvalue weighted by molar-refractivity contribution is 7.28. The highest BCUT2D eigenvalue weighted by atomic mass is 28.5. The molecule has 0 unspecified atom stereocenters. The Labute approximate surface area is 104 Å². The second kappa shape index (κ2) is 3.21. The summed E-state index contributed by atoms with van der Waals surface area (Å²) in [4.78, 5) is 7.84. The predicted octanol–water partition coefficient (Wildman–Crippen LogP) is 1.75. The van der Waals surface area contributed by atoms with Crippen molar-refractivity contribution in [3.05, 3.63) is 0 Å². The van der Waals surface area contributed by atoms with Gasteiger partial charge in [-0.25, -0.2) is 0 Å². The molecule has 0 amide bonds. The quantitative estimate of drug-likeness (QED) is 0.756. The van der Waals surface area contributed by atoms with Crippen LogP contribution in [0.25, 0.3) is 0 Å². The molecule has 4 heterocycles. The highest BCUT2D eigenvalue weighted by Gasteiger charge is 2.68. The summed E-state index contributed by atoms with van der Waals surface area (Å²) in [6, 6.07) is 0.